The standard InChI is InChI=1S/C27H37Cl2N3O4S/c1-8-24(26(34)30-27(4,5)6)31(16-20-9-12-21(28)15-23(20)29)25(33)17-32(37(7,35)36)22-13-10-19(11-14-22)18(2)3/h9-15,18,24H,8,16-17H2,1-7H3,(H,30,34). The highest BCUT2D eigenvalue weighted by molar-refractivity contribution is 7.92. The van der Waals surface area contributed by atoms with E-state index in [0.717, 1.165) is 16.1 Å². The number of carbonyl (C=O) groups is 2. The smallest absolute Gasteiger partial charge is 0.244 e. The topological polar surface area (TPSA) is 86.8 Å². The first-order valence-electron chi connectivity index (χ1n) is 12.2. The van der Waals surface area contributed by atoms with Gasteiger partial charge in [0.15, 0.2) is 0 Å². The minimum atomic E-state index is -3.81. The maximum absolute atomic E-state index is 13.8. The van der Waals surface area contributed by atoms with Gasteiger partial charge in [0.2, 0.25) is 21.8 Å². The monoisotopic (exact) mass is 569 g/mol. The van der Waals surface area contributed by atoms with Crippen LogP contribution in [0.4, 0.5) is 5.69 Å². The van der Waals surface area contributed by atoms with Gasteiger partial charge in [0, 0.05) is 22.1 Å². The molecule has 0 heterocycles. The third-order valence-electron chi connectivity index (χ3n) is 5.77. The van der Waals surface area contributed by atoms with Crippen LogP contribution in [0.1, 0.15) is 65.0 Å². The molecule has 37 heavy (non-hydrogen) atoms. The van der Waals surface area contributed by atoms with Gasteiger partial charge in [-0.05, 0) is 68.5 Å². The molecule has 1 unspecified atom stereocenters. The maximum Gasteiger partial charge on any atom is 0.244 e. The molecule has 0 saturated carbocycles. The van der Waals surface area contributed by atoms with Crippen molar-refractivity contribution >= 4 is 50.7 Å². The van der Waals surface area contributed by atoms with E-state index in [1.165, 1.54) is 4.90 Å². The van der Waals surface area contributed by atoms with Gasteiger partial charge in [-0.15, -0.1) is 0 Å². The van der Waals surface area contributed by atoms with Gasteiger partial charge in [-0.3, -0.25) is 13.9 Å². The molecule has 0 spiro atoms. The number of hydrogen-bond acceptors (Lipinski definition) is 4. The Balaban J connectivity index is 2.49. The molecule has 0 saturated heterocycles. The molecule has 0 aromatic heterocycles. The predicted octanol–water partition coefficient (Wildman–Crippen LogP) is 5.60. The lowest BCUT2D eigenvalue weighted by Gasteiger charge is -2.34. The van der Waals surface area contributed by atoms with Crippen molar-refractivity contribution in [2.45, 2.75) is 72.0 Å². The lowest BCUT2D eigenvalue weighted by molar-refractivity contribution is -0.141. The van der Waals surface area contributed by atoms with Crippen LogP contribution >= 0.6 is 23.2 Å². The molecule has 1 N–H and O–H groups in total. The van der Waals surface area contributed by atoms with E-state index in [2.05, 4.69) is 5.32 Å². The third kappa shape index (κ3) is 8.90. The van der Waals surface area contributed by atoms with Crippen LogP contribution in [0.5, 0.6) is 0 Å². The first-order chi connectivity index (χ1) is 17.0. The molecule has 2 aromatic carbocycles. The summed E-state index contributed by atoms with van der Waals surface area (Å²) >= 11 is 12.4. The fourth-order valence-corrected chi connectivity index (χ4v) is 5.16. The van der Waals surface area contributed by atoms with Crippen LogP contribution in [0.3, 0.4) is 0 Å². The summed E-state index contributed by atoms with van der Waals surface area (Å²) in [6.07, 6.45) is 1.38. The summed E-state index contributed by atoms with van der Waals surface area (Å²) in [5, 5.41) is 3.72. The molecule has 7 nitrogen and oxygen atoms in total. The molecule has 10 heteroatoms. The fraction of sp³-hybridized carbons (Fsp3) is 0.481. The minimum absolute atomic E-state index is 0.00872. The molecule has 204 valence electrons. The van der Waals surface area contributed by atoms with Crippen LogP contribution in [0.2, 0.25) is 10.0 Å². The average molecular weight is 571 g/mol. The lowest BCUT2D eigenvalue weighted by Crippen LogP contribution is -2.55. The highest BCUT2D eigenvalue weighted by Crippen LogP contribution is 2.26. The van der Waals surface area contributed by atoms with Crippen LogP contribution in [0.15, 0.2) is 42.5 Å². The van der Waals surface area contributed by atoms with Gasteiger partial charge in [-0.25, -0.2) is 8.42 Å². The minimum Gasteiger partial charge on any atom is -0.350 e. The number of anilines is 1. The van der Waals surface area contributed by atoms with Crippen molar-refractivity contribution in [3.63, 3.8) is 0 Å². The number of nitrogens with one attached hydrogen (secondary N) is 1. The maximum atomic E-state index is 13.8. The molecular formula is C27H37Cl2N3O4S. The van der Waals surface area contributed by atoms with E-state index in [0.29, 0.717) is 27.7 Å². The van der Waals surface area contributed by atoms with Crippen molar-refractivity contribution in [1.29, 1.82) is 0 Å². The summed E-state index contributed by atoms with van der Waals surface area (Å²) in [6, 6.07) is 11.1. The van der Waals surface area contributed by atoms with Crippen LogP contribution < -0.4 is 9.62 Å². The zero-order valence-electron chi connectivity index (χ0n) is 22.5. The van der Waals surface area contributed by atoms with Crippen molar-refractivity contribution in [2.24, 2.45) is 0 Å². The van der Waals surface area contributed by atoms with Crippen molar-refractivity contribution in [3.05, 3.63) is 63.6 Å². The van der Waals surface area contributed by atoms with Gasteiger partial charge >= 0.3 is 0 Å². The Hall–Kier alpha value is -2.29. The van der Waals surface area contributed by atoms with Gasteiger partial charge < -0.3 is 10.2 Å². The molecular weight excluding hydrogens is 533 g/mol. The van der Waals surface area contributed by atoms with Crippen LogP contribution in [0, 0.1) is 0 Å². The molecule has 1 atom stereocenters. The van der Waals surface area contributed by atoms with Gasteiger partial charge in [0.25, 0.3) is 0 Å². The molecule has 0 bridgehead atoms. The van der Waals surface area contributed by atoms with Crippen LogP contribution in [-0.2, 0) is 26.2 Å². The van der Waals surface area contributed by atoms with E-state index < -0.39 is 34.1 Å². The van der Waals surface area contributed by atoms with Gasteiger partial charge in [-0.1, -0.05) is 62.2 Å². The average Bonchev–Trinajstić information content (AvgIpc) is 2.76. The molecule has 2 amide bonds. The second-order valence-electron chi connectivity index (χ2n) is 10.4. The van der Waals surface area contributed by atoms with Crippen molar-refractivity contribution in [2.75, 3.05) is 17.1 Å². The summed E-state index contributed by atoms with van der Waals surface area (Å²) in [7, 11) is -3.81. The molecule has 2 rings (SSSR count). The number of halogens is 2. The zero-order chi connectivity index (χ0) is 28.1. The summed E-state index contributed by atoms with van der Waals surface area (Å²) in [4.78, 5) is 28.4. The van der Waals surface area contributed by atoms with E-state index in [1.54, 1.807) is 37.3 Å². The summed E-state index contributed by atoms with van der Waals surface area (Å²) in [6.45, 7) is 11.0. The number of nitrogens with zero attached hydrogens (tertiary/aromatic N) is 2. The Kier molecular flexibility index (Phi) is 10.5. The number of sulfonamides is 1. The van der Waals surface area contributed by atoms with Crippen LogP contribution in [-0.4, -0.2) is 49.5 Å². The highest BCUT2D eigenvalue weighted by Gasteiger charge is 2.33. The largest absolute Gasteiger partial charge is 0.350 e. The Morgan fingerprint density at radius 3 is 2.08 bits per heavy atom. The second-order valence-corrected chi connectivity index (χ2v) is 13.2. The number of amides is 2. The second kappa shape index (κ2) is 12.5. The number of rotatable bonds is 10. The van der Waals surface area contributed by atoms with E-state index in [4.69, 9.17) is 23.2 Å². The normalized spacial score (nSPS) is 12.8. The highest BCUT2D eigenvalue weighted by atomic mass is 35.5. The lowest BCUT2D eigenvalue weighted by atomic mass is 10.0. The number of carbonyl (C=O) groups excluding carboxylic acids is 2. The van der Waals surface area contributed by atoms with Gasteiger partial charge in [-0.2, -0.15) is 0 Å². The van der Waals surface area contributed by atoms with Crippen molar-refractivity contribution < 1.29 is 18.0 Å². The number of benzene rings is 2. The molecule has 0 aliphatic rings. The first-order valence-corrected chi connectivity index (χ1v) is 14.8. The van der Waals surface area contributed by atoms with E-state index >= 15 is 0 Å². The quantitative estimate of drug-likeness (QED) is 0.403. The Labute approximate surface area is 231 Å². The number of hydrogen-bond donors (Lipinski definition) is 1. The van der Waals surface area contributed by atoms with Gasteiger partial charge in [0.1, 0.15) is 12.6 Å². The third-order valence-corrected chi connectivity index (χ3v) is 7.49. The summed E-state index contributed by atoms with van der Waals surface area (Å²) in [5.74, 6) is -0.588. The SMILES string of the molecule is CCC(C(=O)NC(C)(C)C)N(Cc1ccc(Cl)cc1Cl)C(=O)CN(c1ccc(C(C)C)cc1)S(C)(=O)=O. The Bertz CT molecular complexity index is 1210. The zero-order valence-corrected chi connectivity index (χ0v) is 24.8. The van der Waals surface area contributed by atoms with Crippen LogP contribution in [0.25, 0.3) is 0 Å². The molecule has 0 aliphatic carbocycles. The predicted molar refractivity (Wildman–Crippen MR) is 152 cm³/mol. The molecule has 0 fully saturated rings. The van der Waals surface area contributed by atoms with Crippen molar-refractivity contribution in [1.82, 2.24) is 10.2 Å². The Morgan fingerprint density at radius 1 is 1.03 bits per heavy atom. The fourth-order valence-electron chi connectivity index (χ4n) is 3.85. The molecule has 0 radical (unpaired) electrons. The Morgan fingerprint density at radius 2 is 1.62 bits per heavy atom. The van der Waals surface area contributed by atoms with Crippen molar-refractivity contribution in [3.8, 4) is 0 Å². The van der Waals surface area contributed by atoms with Gasteiger partial charge in [0.05, 0.1) is 11.9 Å². The van der Waals surface area contributed by atoms with E-state index in [1.807, 2.05) is 46.8 Å². The van der Waals surface area contributed by atoms with E-state index in [9.17, 15) is 18.0 Å². The summed E-state index contributed by atoms with van der Waals surface area (Å²) in [5.41, 5.74) is 1.49. The van der Waals surface area contributed by atoms with E-state index in [-0.39, 0.29) is 18.4 Å². The molecule has 2 aromatic rings. The molecule has 0 aliphatic heterocycles. The first kappa shape index (κ1) is 30.9. The summed E-state index contributed by atoms with van der Waals surface area (Å²) < 4.78 is 26.6.